The molecule has 2 atom stereocenters. The van der Waals surface area contributed by atoms with Gasteiger partial charge in [-0.2, -0.15) is 0 Å². The van der Waals surface area contributed by atoms with E-state index in [0.717, 1.165) is 0 Å². The third-order valence-corrected chi connectivity index (χ3v) is 5.92. The van der Waals surface area contributed by atoms with Crippen LogP contribution in [0.25, 0.3) is 0 Å². The summed E-state index contributed by atoms with van der Waals surface area (Å²) in [6, 6.07) is 15.6. The normalized spacial score (nSPS) is 13.4. The van der Waals surface area contributed by atoms with Crippen molar-refractivity contribution in [3.8, 4) is 0 Å². The third kappa shape index (κ3) is 5.64. The predicted molar refractivity (Wildman–Crippen MR) is 103 cm³/mol. The summed E-state index contributed by atoms with van der Waals surface area (Å²) in [5.41, 5.74) is 0.614. The number of nitrogens with one attached hydrogen (secondary N) is 1. The second kappa shape index (κ2) is 10.0. The quantitative estimate of drug-likeness (QED) is 0.640. The highest BCUT2D eigenvalue weighted by molar-refractivity contribution is 7.91. The van der Waals surface area contributed by atoms with Crippen molar-refractivity contribution < 1.29 is 27.5 Å². The van der Waals surface area contributed by atoms with Crippen molar-refractivity contribution in [1.29, 1.82) is 0 Å². The number of ether oxygens (including phenoxy) is 2. The number of benzene rings is 2. The molecule has 0 bridgehead atoms. The maximum absolute atomic E-state index is 12.6. The molecule has 2 aromatic carbocycles. The minimum atomic E-state index is -3.60. The highest BCUT2D eigenvalue weighted by Gasteiger charge is 2.28. The molecular weight excluding hydrogens is 382 g/mol. The summed E-state index contributed by atoms with van der Waals surface area (Å²) in [5.74, 6) is -1.60. The lowest BCUT2D eigenvalue weighted by Crippen LogP contribution is -2.45. The predicted octanol–water partition coefficient (Wildman–Crippen LogP) is 1.90. The zero-order valence-electron chi connectivity index (χ0n) is 15.7. The summed E-state index contributed by atoms with van der Waals surface area (Å²) in [4.78, 5) is 24.8. The van der Waals surface area contributed by atoms with E-state index in [-0.39, 0.29) is 17.1 Å². The molecule has 0 aliphatic rings. The number of amides is 1. The van der Waals surface area contributed by atoms with E-state index in [1.54, 1.807) is 48.5 Å². The first-order valence-corrected chi connectivity index (χ1v) is 10.3. The van der Waals surface area contributed by atoms with Crippen molar-refractivity contribution in [1.82, 2.24) is 5.32 Å². The molecule has 0 radical (unpaired) electrons. The fraction of sp³-hybridized carbons (Fsp3) is 0.300. The van der Waals surface area contributed by atoms with E-state index >= 15 is 0 Å². The van der Waals surface area contributed by atoms with E-state index in [1.807, 2.05) is 0 Å². The molecule has 2 rings (SSSR count). The topological polar surface area (TPSA) is 98.8 Å². The number of carbonyl (C=O) groups is 2. The Labute approximate surface area is 164 Å². The van der Waals surface area contributed by atoms with Crippen LogP contribution in [0.1, 0.15) is 18.1 Å². The molecule has 0 spiro atoms. The van der Waals surface area contributed by atoms with Crippen molar-refractivity contribution in [2.75, 3.05) is 20.0 Å². The van der Waals surface area contributed by atoms with Gasteiger partial charge in [0.25, 0.3) is 5.91 Å². The van der Waals surface area contributed by atoms with Crippen LogP contribution in [0.2, 0.25) is 0 Å². The molecule has 7 nitrogen and oxygen atoms in total. The summed E-state index contributed by atoms with van der Waals surface area (Å²) >= 11 is 0. The van der Waals surface area contributed by atoms with E-state index in [9.17, 15) is 18.0 Å². The van der Waals surface area contributed by atoms with Gasteiger partial charge in [-0.1, -0.05) is 48.5 Å². The SMILES string of the molecule is COC(=O)[C@@H](CCS(=O)(=O)c1ccccc1)NC(=O)[C@H](OC)c1ccccc1. The van der Waals surface area contributed by atoms with Crippen LogP contribution >= 0.6 is 0 Å². The average Bonchev–Trinajstić information content (AvgIpc) is 2.72. The lowest BCUT2D eigenvalue weighted by atomic mass is 10.1. The Morgan fingerprint density at radius 3 is 2.07 bits per heavy atom. The fourth-order valence-corrected chi connectivity index (χ4v) is 4.03. The van der Waals surface area contributed by atoms with E-state index in [1.165, 1.54) is 26.4 Å². The standard InChI is InChI=1S/C20H23NO6S/c1-26-18(15-9-5-3-6-10-15)19(22)21-17(20(23)27-2)13-14-28(24,25)16-11-7-4-8-12-16/h3-12,17-18H,13-14H2,1-2H3,(H,21,22)/t17-,18-/m1/s1. The maximum Gasteiger partial charge on any atom is 0.328 e. The molecule has 1 amide bonds. The van der Waals surface area contributed by atoms with Gasteiger partial charge in [-0.05, 0) is 24.1 Å². The number of methoxy groups -OCH3 is 2. The Balaban J connectivity index is 2.11. The van der Waals surface area contributed by atoms with Crippen LogP contribution in [0.3, 0.4) is 0 Å². The minimum absolute atomic E-state index is 0.124. The molecule has 0 saturated carbocycles. The largest absolute Gasteiger partial charge is 0.467 e. The van der Waals surface area contributed by atoms with Crippen LogP contribution in [0.4, 0.5) is 0 Å². The van der Waals surface area contributed by atoms with Crippen LogP contribution in [0.5, 0.6) is 0 Å². The molecule has 28 heavy (non-hydrogen) atoms. The first-order valence-electron chi connectivity index (χ1n) is 8.63. The smallest absolute Gasteiger partial charge is 0.328 e. The molecule has 0 fully saturated rings. The van der Waals surface area contributed by atoms with Gasteiger partial charge in [0.05, 0.1) is 17.8 Å². The maximum atomic E-state index is 12.6. The Kier molecular flexibility index (Phi) is 7.71. The molecule has 1 N–H and O–H groups in total. The van der Waals surface area contributed by atoms with Gasteiger partial charge in [0.1, 0.15) is 6.04 Å². The number of carbonyl (C=O) groups excluding carboxylic acids is 2. The van der Waals surface area contributed by atoms with Gasteiger partial charge in [-0.15, -0.1) is 0 Å². The molecule has 0 unspecified atom stereocenters. The van der Waals surface area contributed by atoms with Crippen LogP contribution in [0.15, 0.2) is 65.6 Å². The zero-order chi connectivity index (χ0) is 20.6. The van der Waals surface area contributed by atoms with E-state index in [0.29, 0.717) is 5.56 Å². The van der Waals surface area contributed by atoms with E-state index in [4.69, 9.17) is 9.47 Å². The van der Waals surface area contributed by atoms with Gasteiger partial charge in [0, 0.05) is 7.11 Å². The molecule has 0 aromatic heterocycles. The Morgan fingerprint density at radius 2 is 1.54 bits per heavy atom. The Hall–Kier alpha value is -2.71. The monoisotopic (exact) mass is 405 g/mol. The average molecular weight is 405 g/mol. The summed E-state index contributed by atoms with van der Waals surface area (Å²) in [5, 5.41) is 2.54. The van der Waals surface area contributed by atoms with Gasteiger partial charge >= 0.3 is 5.97 Å². The highest BCUT2D eigenvalue weighted by atomic mass is 32.2. The van der Waals surface area contributed by atoms with Gasteiger partial charge in [-0.25, -0.2) is 13.2 Å². The van der Waals surface area contributed by atoms with E-state index in [2.05, 4.69) is 5.32 Å². The summed E-state index contributed by atoms with van der Waals surface area (Å²) in [6.07, 6.45) is -1.06. The van der Waals surface area contributed by atoms with Crippen LogP contribution in [0, 0.1) is 0 Å². The van der Waals surface area contributed by atoms with Crippen LogP contribution in [-0.2, 0) is 28.9 Å². The third-order valence-electron chi connectivity index (χ3n) is 4.16. The molecule has 0 heterocycles. The van der Waals surface area contributed by atoms with Crippen molar-refractivity contribution in [3.63, 3.8) is 0 Å². The van der Waals surface area contributed by atoms with Crippen molar-refractivity contribution in [2.45, 2.75) is 23.5 Å². The second-order valence-corrected chi connectivity index (χ2v) is 8.14. The highest BCUT2D eigenvalue weighted by Crippen LogP contribution is 2.17. The number of hydrogen-bond donors (Lipinski definition) is 1. The van der Waals surface area contributed by atoms with Gasteiger partial charge in [-0.3, -0.25) is 4.79 Å². The molecular formula is C20H23NO6S. The molecule has 8 heteroatoms. The molecule has 2 aromatic rings. The zero-order valence-corrected chi connectivity index (χ0v) is 16.5. The second-order valence-electron chi connectivity index (χ2n) is 6.03. The van der Waals surface area contributed by atoms with Crippen molar-refractivity contribution in [2.24, 2.45) is 0 Å². The van der Waals surface area contributed by atoms with Crippen LogP contribution < -0.4 is 5.32 Å². The molecule has 0 aliphatic carbocycles. The lowest BCUT2D eigenvalue weighted by molar-refractivity contribution is -0.146. The van der Waals surface area contributed by atoms with Gasteiger partial charge < -0.3 is 14.8 Å². The number of rotatable bonds is 9. The molecule has 0 saturated heterocycles. The number of esters is 1. The van der Waals surface area contributed by atoms with Crippen molar-refractivity contribution >= 4 is 21.7 Å². The van der Waals surface area contributed by atoms with Crippen molar-refractivity contribution in [3.05, 3.63) is 66.2 Å². The van der Waals surface area contributed by atoms with E-state index < -0.39 is 33.9 Å². The Morgan fingerprint density at radius 1 is 0.964 bits per heavy atom. The minimum Gasteiger partial charge on any atom is -0.467 e. The number of sulfone groups is 1. The lowest BCUT2D eigenvalue weighted by Gasteiger charge is -2.21. The summed E-state index contributed by atoms with van der Waals surface area (Å²) in [6.45, 7) is 0. The molecule has 150 valence electrons. The summed E-state index contributed by atoms with van der Waals surface area (Å²) in [7, 11) is -1.04. The van der Waals surface area contributed by atoms with Gasteiger partial charge in [0.2, 0.25) is 0 Å². The first kappa shape index (κ1) is 21.6. The summed E-state index contributed by atoms with van der Waals surface area (Å²) < 4.78 is 34.9. The van der Waals surface area contributed by atoms with Crippen LogP contribution in [-0.4, -0.2) is 46.3 Å². The Bertz CT molecular complexity index is 883. The molecule has 0 aliphatic heterocycles. The fourth-order valence-electron chi connectivity index (χ4n) is 2.68. The van der Waals surface area contributed by atoms with Gasteiger partial charge in [0.15, 0.2) is 15.9 Å². The number of hydrogen-bond acceptors (Lipinski definition) is 6. The first-order chi connectivity index (χ1) is 13.4.